The molecule has 8 heteroatoms. The number of nitrogens with one attached hydrogen (secondary N) is 1. The number of hydrogen-bond donors (Lipinski definition) is 3. The zero-order valence-corrected chi connectivity index (χ0v) is 12.9. The van der Waals surface area contributed by atoms with Gasteiger partial charge in [-0.05, 0) is 18.2 Å². The van der Waals surface area contributed by atoms with Gasteiger partial charge in [0.05, 0.1) is 5.56 Å². The van der Waals surface area contributed by atoms with Crippen molar-refractivity contribution in [2.45, 2.75) is 6.18 Å². The van der Waals surface area contributed by atoms with E-state index < -0.39 is 23.3 Å². The maximum absolute atomic E-state index is 12.8. The number of ether oxygens (including phenoxy) is 1. The highest BCUT2D eigenvalue weighted by Crippen LogP contribution is 2.41. The smallest absolute Gasteiger partial charge is 0.416 e. The van der Waals surface area contributed by atoms with E-state index in [0.717, 1.165) is 18.2 Å². The number of alkyl halides is 3. The molecule has 0 saturated heterocycles. The van der Waals surface area contributed by atoms with E-state index in [1.807, 2.05) is 0 Å². The molecule has 0 fully saturated rings. The van der Waals surface area contributed by atoms with Crippen LogP contribution < -0.4 is 4.74 Å². The standard InChI is InChI=1S/C18H10F3NO4/c19-18(20,21)9-1-2-11-8(7-22-12(11)4-9)3-15-17(25)16-13(24)5-10(23)6-14(16)26-15/h1-7,22-24H. The molecule has 1 aliphatic rings. The molecule has 0 spiro atoms. The second kappa shape index (κ2) is 5.29. The summed E-state index contributed by atoms with van der Waals surface area (Å²) in [5, 5.41) is 19.8. The summed E-state index contributed by atoms with van der Waals surface area (Å²) in [6.45, 7) is 0. The Hall–Kier alpha value is -3.42. The van der Waals surface area contributed by atoms with E-state index in [0.29, 0.717) is 10.9 Å². The van der Waals surface area contributed by atoms with Crippen LogP contribution in [0.25, 0.3) is 17.0 Å². The zero-order chi connectivity index (χ0) is 18.6. The topological polar surface area (TPSA) is 82.6 Å². The Bertz CT molecular complexity index is 1100. The first-order chi connectivity index (χ1) is 12.2. The van der Waals surface area contributed by atoms with Gasteiger partial charge in [0, 0.05) is 34.8 Å². The molecule has 3 N–H and O–H groups in total. The van der Waals surface area contributed by atoms with Crippen molar-refractivity contribution in [1.82, 2.24) is 4.98 Å². The third kappa shape index (κ3) is 2.46. The minimum absolute atomic E-state index is 0.0120. The zero-order valence-electron chi connectivity index (χ0n) is 12.9. The van der Waals surface area contributed by atoms with Crippen molar-refractivity contribution in [3.63, 3.8) is 0 Å². The Morgan fingerprint density at radius 2 is 1.88 bits per heavy atom. The summed E-state index contributed by atoms with van der Waals surface area (Å²) < 4.78 is 43.7. The average Bonchev–Trinajstić information content (AvgIpc) is 3.08. The van der Waals surface area contributed by atoms with Crippen LogP contribution in [0.2, 0.25) is 0 Å². The third-order valence-corrected chi connectivity index (χ3v) is 4.06. The predicted molar refractivity (Wildman–Crippen MR) is 86.0 cm³/mol. The Labute approximate surface area is 144 Å². The van der Waals surface area contributed by atoms with Gasteiger partial charge in [0.1, 0.15) is 22.8 Å². The first-order valence-electron chi connectivity index (χ1n) is 7.42. The van der Waals surface area contributed by atoms with E-state index in [1.54, 1.807) is 0 Å². The minimum Gasteiger partial charge on any atom is -0.508 e. The first kappa shape index (κ1) is 16.1. The van der Waals surface area contributed by atoms with Crippen molar-refractivity contribution in [2.75, 3.05) is 0 Å². The minimum atomic E-state index is -4.45. The summed E-state index contributed by atoms with van der Waals surface area (Å²) in [5.41, 5.74) is -0.149. The summed E-state index contributed by atoms with van der Waals surface area (Å²) in [7, 11) is 0. The molecule has 0 bridgehead atoms. The molecule has 26 heavy (non-hydrogen) atoms. The molecule has 2 aromatic carbocycles. The monoisotopic (exact) mass is 361 g/mol. The van der Waals surface area contributed by atoms with Crippen LogP contribution in [0.3, 0.4) is 0 Å². The second-order valence-corrected chi connectivity index (χ2v) is 5.78. The molecule has 5 nitrogen and oxygen atoms in total. The predicted octanol–water partition coefficient (Wildman–Crippen LogP) is 4.21. The Morgan fingerprint density at radius 1 is 1.12 bits per heavy atom. The van der Waals surface area contributed by atoms with E-state index in [-0.39, 0.29) is 28.3 Å². The highest BCUT2D eigenvalue weighted by molar-refractivity contribution is 6.16. The van der Waals surface area contributed by atoms with Crippen LogP contribution >= 0.6 is 0 Å². The Kier molecular flexibility index (Phi) is 3.27. The molecule has 1 aromatic heterocycles. The number of ketones is 1. The molecule has 132 valence electrons. The van der Waals surface area contributed by atoms with Crippen molar-refractivity contribution >= 4 is 22.8 Å². The molecule has 0 unspecified atom stereocenters. The maximum atomic E-state index is 12.8. The molecular formula is C18H10F3NO4. The average molecular weight is 361 g/mol. The number of H-pyrrole nitrogens is 1. The molecule has 3 aromatic rings. The van der Waals surface area contributed by atoms with Gasteiger partial charge < -0.3 is 19.9 Å². The van der Waals surface area contributed by atoms with Gasteiger partial charge in [-0.1, -0.05) is 6.07 Å². The molecule has 0 amide bonds. The highest BCUT2D eigenvalue weighted by Gasteiger charge is 2.32. The van der Waals surface area contributed by atoms with Crippen LogP contribution in [0.15, 0.2) is 42.3 Å². The van der Waals surface area contributed by atoms with Crippen molar-refractivity contribution in [1.29, 1.82) is 0 Å². The van der Waals surface area contributed by atoms with Crippen LogP contribution in [-0.2, 0) is 6.18 Å². The number of Topliss-reactive ketones (excluding diaryl/α,β-unsaturated/α-hetero) is 1. The van der Waals surface area contributed by atoms with Gasteiger partial charge in [0.2, 0.25) is 5.78 Å². The van der Waals surface area contributed by atoms with Crippen LogP contribution in [0.5, 0.6) is 17.2 Å². The van der Waals surface area contributed by atoms with Crippen molar-refractivity contribution < 1.29 is 32.9 Å². The van der Waals surface area contributed by atoms with Gasteiger partial charge in [0.25, 0.3) is 0 Å². The fourth-order valence-electron chi connectivity index (χ4n) is 2.86. The number of halogens is 3. The van der Waals surface area contributed by atoms with Gasteiger partial charge in [-0.3, -0.25) is 4.79 Å². The molecule has 0 atom stereocenters. The fourth-order valence-corrected chi connectivity index (χ4v) is 2.86. The Morgan fingerprint density at radius 3 is 2.62 bits per heavy atom. The number of hydrogen-bond acceptors (Lipinski definition) is 4. The molecule has 4 rings (SSSR count). The fraction of sp³-hybridized carbons (Fsp3) is 0.0556. The Balaban J connectivity index is 1.76. The van der Waals surface area contributed by atoms with Gasteiger partial charge in [-0.2, -0.15) is 13.2 Å². The lowest BCUT2D eigenvalue weighted by molar-refractivity contribution is -0.137. The van der Waals surface area contributed by atoms with E-state index in [9.17, 15) is 28.2 Å². The van der Waals surface area contributed by atoms with Gasteiger partial charge in [-0.25, -0.2) is 0 Å². The quantitative estimate of drug-likeness (QED) is 0.567. The molecule has 0 saturated carbocycles. The number of carbonyl (C=O) groups is 1. The van der Waals surface area contributed by atoms with E-state index in [4.69, 9.17) is 4.74 Å². The first-order valence-corrected chi connectivity index (χ1v) is 7.42. The SMILES string of the molecule is O=C1C(=Cc2c[nH]c3cc(C(F)(F)F)ccc23)Oc2cc(O)cc(O)c21. The van der Waals surface area contributed by atoms with Crippen LogP contribution in [0, 0.1) is 0 Å². The van der Waals surface area contributed by atoms with Crippen molar-refractivity contribution in [2.24, 2.45) is 0 Å². The number of aromatic nitrogens is 1. The number of carbonyl (C=O) groups excluding carboxylic acids is 1. The number of aromatic hydroxyl groups is 2. The summed E-state index contributed by atoms with van der Waals surface area (Å²) in [4.78, 5) is 15.1. The van der Waals surface area contributed by atoms with Crippen LogP contribution in [0.1, 0.15) is 21.5 Å². The lowest BCUT2D eigenvalue weighted by Crippen LogP contribution is -2.04. The van der Waals surface area contributed by atoms with Gasteiger partial charge in [-0.15, -0.1) is 0 Å². The number of fused-ring (bicyclic) bond motifs is 2. The number of phenols is 2. The van der Waals surface area contributed by atoms with E-state index in [2.05, 4.69) is 4.98 Å². The number of benzene rings is 2. The largest absolute Gasteiger partial charge is 0.508 e. The molecule has 2 heterocycles. The van der Waals surface area contributed by atoms with Crippen molar-refractivity contribution in [3.8, 4) is 17.2 Å². The molecular weight excluding hydrogens is 351 g/mol. The van der Waals surface area contributed by atoms with Crippen molar-refractivity contribution in [3.05, 3.63) is 59.0 Å². The summed E-state index contributed by atoms with van der Waals surface area (Å²) >= 11 is 0. The lowest BCUT2D eigenvalue weighted by Gasteiger charge is -2.06. The summed E-state index contributed by atoms with van der Waals surface area (Å²) in [6.07, 6.45) is -1.64. The summed E-state index contributed by atoms with van der Waals surface area (Å²) in [5.74, 6) is -1.36. The molecule has 0 aliphatic carbocycles. The van der Waals surface area contributed by atoms with Crippen LogP contribution in [-0.4, -0.2) is 21.0 Å². The lowest BCUT2D eigenvalue weighted by atomic mass is 10.1. The molecule has 1 aliphatic heterocycles. The third-order valence-electron chi connectivity index (χ3n) is 4.06. The van der Waals surface area contributed by atoms with Crippen LogP contribution in [0.4, 0.5) is 13.2 Å². The maximum Gasteiger partial charge on any atom is 0.416 e. The number of rotatable bonds is 1. The highest BCUT2D eigenvalue weighted by atomic mass is 19.4. The van der Waals surface area contributed by atoms with E-state index in [1.165, 1.54) is 24.4 Å². The normalized spacial score (nSPS) is 15.5. The number of allylic oxidation sites excluding steroid dienone is 1. The van der Waals surface area contributed by atoms with E-state index >= 15 is 0 Å². The molecule has 0 radical (unpaired) electrons. The number of aromatic amines is 1. The second-order valence-electron chi connectivity index (χ2n) is 5.78. The number of phenolic OH excluding ortho intramolecular Hbond substituents is 2. The van der Waals surface area contributed by atoms with Gasteiger partial charge >= 0.3 is 6.18 Å². The van der Waals surface area contributed by atoms with Gasteiger partial charge in [0.15, 0.2) is 5.76 Å². The summed E-state index contributed by atoms with van der Waals surface area (Å²) in [6, 6.07) is 5.45.